The summed E-state index contributed by atoms with van der Waals surface area (Å²) in [7, 11) is 3.17. The number of halogens is 2. The third kappa shape index (κ3) is 2.88. The fourth-order valence-corrected chi connectivity index (χ4v) is 2.41. The zero-order valence-corrected chi connectivity index (χ0v) is 12.8. The molecule has 4 nitrogen and oxygen atoms in total. The SMILES string of the molecule is COc1cc(C(N)c2ccc(Cl)o2)c(OC)cc1Br. The van der Waals surface area contributed by atoms with Crippen LogP contribution in [0.4, 0.5) is 0 Å². The van der Waals surface area contributed by atoms with Gasteiger partial charge in [0, 0.05) is 5.56 Å². The first-order chi connectivity index (χ1) is 9.06. The quantitative estimate of drug-likeness (QED) is 0.916. The average molecular weight is 347 g/mol. The Labute approximate surface area is 124 Å². The van der Waals surface area contributed by atoms with Gasteiger partial charge in [-0.15, -0.1) is 0 Å². The van der Waals surface area contributed by atoms with Gasteiger partial charge in [-0.25, -0.2) is 0 Å². The maximum atomic E-state index is 6.18. The number of furan rings is 1. The van der Waals surface area contributed by atoms with Crippen molar-refractivity contribution in [1.82, 2.24) is 0 Å². The number of methoxy groups -OCH3 is 2. The number of hydrogen-bond acceptors (Lipinski definition) is 4. The summed E-state index contributed by atoms with van der Waals surface area (Å²) in [5.74, 6) is 1.88. The highest BCUT2D eigenvalue weighted by Crippen LogP contribution is 2.37. The Hall–Kier alpha value is -1.17. The van der Waals surface area contributed by atoms with E-state index in [1.165, 1.54) is 0 Å². The predicted molar refractivity (Wildman–Crippen MR) is 77.0 cm³/mol. The molecule has 0 saturated carbocycles. The lowest BCUT2D eigenvalue weighted by Crippen LogP contribution is -2.12. The molecule has 0 radical (unpaired) electrons. The van der Waals surface area contributed by atoms with E-state index in [1.54, 1.807) is 32.4 Å². The van der Waals surface area contributed by atoms with Crippen molar-refractivity contribution in [1.29, 1.82) is 0 Å². The van der Waals surface area contributed by atoms with Gasteiger partial charge in [0.15, 0.2) is 5.22 Å². The van der Waals surface area contributed by atoms with Crippen molar-refractivity contribution >= 4 is 27.5 Å². The molecule has 0 spiro atoms. The van der Waals surface area contributed by atoms with Crippen LogP contribution in [0.25, 0.3) is 0 Å². The summed E-state index contributed by atoms with van der Waals surface area (Å²) in [6.45, 7) is 0. The Bertz CT molecular complexity index is 585. The fourth-order valence-electron chi connectivity index (χ4n) is 1.78. The van der Waals surface area contributed by atoms with Crippen LogP contribution in [0.15, 0.2) is 33.2 Å². The molecule has 1 aromatic heterocycles. The normalized spacial score (nSPS) is 12.3. The van der Waals surface area contributed by atoms with E-state index in [-0.39, 0.29) is 0 Å². The number of ether oxygens (including phenoxy) is 2. The topological polar surface area (TPSA) is 57.6 Å². The molecule has 2 N–H and O–H groups in total. The molecule has 19 heavy (non-hydrogen) atoms. The maximum absolute atomic E-state index is 6.18. The lowest BCUT2D eigenvalue weighted by atomic mass is 10.0. The summed E-state index contributed by atoms with van der Waals surface area (Å²) in [6, 6.07) is 6.52. The van der Waals surface area contributed by atoms with Gasteiger partial charge in [0.2, 0.25) is 0 Å². The van der Waals surface area contributed by atoms with E-state index in [2.05, 4.69) is 15.9 Å². The van der Waals surface area contributed by atoms with E-state index >= 15 is 0 Å². The van der Waals surface area contributed by atoms with Crippen molar-refractivity contribution < 1.29 is 13.9 Å². The van der Waals surface area contributed by atoms with Gasteiger partial charge >= 0.3 is 0 Å². The minimum Gasteiger partial charge on any atom is -0.496 e. The predicted octanol–water partition coefficient (Wildman–Crippen LogP) is 3.76. The summed E-state index contributed by atoms with van der Waals surface area (Å²) in [4.78, 5) is 0. The summed E-state index contributed by atoms with van der Waals surface area (Å²) in [5.41, 5.74) is 6.93. The van der Waals surface area contributed by atoms with E-state index in [0.29, 0.717) is 22.5 Å². The molecule has 6 heteroatoms. The minimum absolute atomic E-state index is 0.300. The second-order valence-electron chi connectivity index (χ2n) is 3.85. The molecule has 1 aromatic carbocycles. The molecule has 2 aromatic rings. The van der Waals surface area contributed by atoms with E-state index < -0.39 is 6.04 Å². The molecule has 0 amide bonds. The zero-order valence-electron chi connectivity index (χ0n) is 10.4. The van der Waals surface area contributed by atoms with Crippen LogP contribution in [0, 0.1) is 0 Å². The van der Waals surface area contributed by atoms with Gasteiger partial charge in [0.1, 0.15) is 17.3 Å². The Morgan fingerprint density at radius 3 is 2.42 bits per heavy atom. The summed E-state index contributed by atoms with van der Waals surface area (Å²) < 4.78 is 16.7. The lowest BCUT2D eigenvalue weighted by Gasteiger charge is -2.16. The molecule has 0 fully saturated rings. The van der Waals surface area contributed by atoms with Gasteiger partial charge in [-0.3, -0.25) is 0 Å². The van der Waals surface area contributed by atoms with Crippen molar-refractivity contribution in [3.8, 4) is 11.5 Å². The molecule has 0 bridgehead atoms. The van der Waals surface area contributed by atoms with E-state index in [1.807, 2.05) is 6.07 Å². The van der Waals surface area contributed by atoms with Crippen LogP contribution < -0.4 is 15.2 Å². The van der Waals surface area contributed by atoms with Gasteiger partial charge in [-0.05, 0) is 51.8 Å². The molecular formula is C13H13BrClNO3. The van der Waals surface area contributed by atoms with Crippen molar-refractivity contribution in [3.05, 3.63) is 45.3 Å². The van der Waals surface area contributed by atoms with Crippen molar-refractivity contribution in [2.45, 2.75) is 6.04 Å². The van der Waals surface area contributed by atoms with Crippen LogP contribution in [0.3, 0.4) is 0 Å². The van der Waals surface area contributed by atoms with Crippen LogP contribution in [-0.2, 0) is 0 Å². The zero-order chi connectivity index (χ0) is 14.0. The average Bonchev–Trinajstić information content (AvgIpc) is 2.84. The van der Waals surface area contributed by atoms with Gasteiger partial charge in [0.05, 0.1) is 24.7 Å². The van der Waals surface area contributed by atoms with E-state index in [4.69, 9.17) is 31.2 Å². The molecule has 2 rings (SSSR count). The van der Waals surface area contributed by atoms with Crippen molar-refractivity contribution in [2.24, 2.45) is 5.73 Å². The molecule has 0 saturated heterocycles. The smallest absolute Gasteiger partial charge is 0.193 e. The monoisotopic (exact) mass is 345 g/mol. The molecule has 1 heterocycles. The molecule has 1 atom stereocenters. The molecule has 1 unspecified atom stereocenters. The first kappa shape index (κ1) is 14.2. The van der Waals surface area contributed by atoms with Gasteiger partial charge in [-0.2, -0.15) is 0 Å². The van der Waals surface area contributed by atoms with Crippen LogP contribution in [-0.4, -0.2) is 14.2 Å². The summed E-state index contributed by atoms with van der Waals surface area (Å²) in [5, 5.41) is 0.300. The fraction of sp³-hybridized carbons (Fsp3) is 0.231. The minimum atomic E-state index is -0.482. The Morgan fingerprint density at radius 1 is 1.21 bits per heavy atom. The Morgan fingerprint density at radius 2 is 1.89 bits per heavy atom. The van der Waals surface area contributed by atoms with Crippen LogP contribution in [0.2, 0.25) is 5.22 Å². The highest BCUT2D eigenvalue weighted by atomic mass is 79.9. The Kier molecular flexibility index (Phi) is 4.39. The number of benzene rings is 1. The van der Waals surface area contributed by atoms with E-state index in [0.717, 1.165) is 10.0 Å². The van der Waals surface area contributed by atoms with Crippen LogP contribution in [0.5, 0.6) is 11.5 Å². The molecule has 0 aliphatic rings. The number of nitrogens with two attached hydrogens (primary N) is 1. The van der Waals surface area contributed by atoms with Gasteiger partial charge in [0.25, 0.3) is 0 Å². The Balaban J connectivity index is 2.48. The largest absolute Gasteiger partial charge is 0.496 e. The molecule has 102 valence electrons. The number of hydrogen-bond donors (Lipinski definition) is 1. The maximum Gasteiger partial charge on any atom is 0.193 e. The molecule has 0 aliphatic heterocycles. The van der Waals surface area contributed by atoms with Gasteiger partial charge in [-0.1, -0.05) is 0 Å². The summed E-state index contributed by atoms with van der Waals surface area (Å²) in [6.07, 6.45) is 0. The summed E-state index contributed by atoms with van der Waals surface area (Å²) >= 11 is 9.17. The lowest BCUT2D eigenvalue weighted by molar-refractivity contribution is 0.391. The molecule has 0 aliphatic carbocycles. The van der Waals surface area contributed by atoms with Crippen molar-refractivity contribution in [3.63, 3.8) is 0 Å². The standard InChI is InChI=1S/C13H13BrClNO3/c1-17-10-6-8(14)11(18-2)5-7(10)13(16)9-3-4-12(15)19-9/h3-6,13H,16H2,1-2H3. The van der Waals surface area contributed by atoms with Crippen LogP contribution >= 0.6 is 27.5 Å². The highest BCUT2D eigenvalue weighted by Gasteiger charge is 2.20. The second-order valence-corrected chi connectivity index (χ2v) is 5.08. The first-order valence-corrected chi connectivity index (χ1v) is 6.66. The second kappa shape index (κ2) is 5.86. The molecular weight excluding hydrogens is 334 g/mol. The third-order valence-corrected chi connectivity index (χ3v) is 3.56. The highest BCUT2D eigenvalue weighted by molar-refractivity contribution is 9.10. The van der Waals surface area contributed by atoms with E-state index in [9.17, 15) is 0 Å². The van der Waals surface area contributed by atoms with Crippen LogP contribution in [0.1, 0.15) is 17.4 Å². The number of rotatable bonds is 4. The van der Waals surface area contributed by atoms with Gasteiger partial charge < -0.3 is 19.6 Å². The third-order valence-electron chi connectivity index (χ3n) is 2.74. The van der Waals surface area contributed by atoms with Crippen molar-refractivity contribution in [2.75, 3.05) is 14.2 Å². The first-order valence-electron chi connectivity index (χ1n) is 5.49.